The van der Waals surface area contributed by atoms with Crippen molar-refractivity contribution in [3.63, 3.8) is 0 Å². The van der Waals surface area contributed by atoms with Crippen LogP contribution in [-0.4, -0.2) is 33.4 Å². The lowest BCUT2D eigenvalue weighted by molar-refractivity contribution is -0.142. The third kappa shape index (κ3) is 3.24. The summed E-state index contributed by atoms with van der Waals surface area (Å²) in [4.78, 5) is 16.3. The van der Waals surface area contributed by atoms with E-state index in [1.165, 1.54) is 13.2 Å². The number of nitrogens with zero attached hydrogens (tertiary/aromatic N) is 1. The molecule has 1 atom stereocenters. The zero-order valence-electron chi connectivity index (χ0n) is 12.2. The largest absolute Gasteiger partial charge is 0.467 e. The third-order valence-electron chi connectivity index (χ3n) is 3.12. The van der Waals surface area contributed by atoms with Crippen LogP contribution in [0.5, 0.6) is 0 Å². The number of carbonyl (C=O) groups excluding carboxylic acids is 1. The Bertz CT molecular complexity index is 680. The van der Waals surface area contributed by atoms with E-state index in [-0.39, 0.29) is 16.6 Å². The number of ether oxygens (including phenoxy) is 1. The number of fused-ring (bicyclic) bond motifs is 1. The summed E-state index contributed by atoms with van der Waals surface area (Å²) in [7, 11) is -2.30. The minimum atomic E-state index is -3.59. The van der Waals surface area contributed by atoms with E-state index < -0.39 is 22.0 Å². The van der Waals surface area contributed by atoms with Crippen LogP contribution in [0.1, 0.15) is 25.8 Å². The van der Waals surface area contributed by atoms with Crippen molar-refractivity contribution in [2.45, 2.75) is 31.2 Å². The quantitative estimate of drug-likeness (QED) is 0.850. The summed E-state index contributed by atoms with van der Waals surface area (Å²) in [6, 6.07) is 5.82. The van der Waals surface area contributed by atoms with Gasteiger partial charge in [-0.15, -0.1) is 0 Å². The Morgan fingerprint density at radius 1 is 1.33 bits per heavy atom. The predicted molar refractivity (Wildman–Crippen MR) is 78.6 cm³/mol. The van der Waals surface area contributed by atoms with Crippen molar-refractivity contribution in [2.75, 3.05) is 7.11 Å². The lowest BCUT2D eigenvalue weighted by Crippen LogP contribution is -2.28. The minimum Gasteiger partial charge on any atom is -0.467 e. The van der Waals surface area contributed by atoms with Gasteiger partial charge in [-0.3, -0.25) is 9.71 Å². The van der Waals surface area contributed by atoms with Crippen molar-refractivity contribution in [3.8, 4) is 0 Å². The maximum atomic E-state index is 12.0. The molecule has 21 heavy (non-hydrogen) atoms. The lowest BCUT2D eigenvalue weighted by Gasteiger charge is -2.13. The molecule has 0 saturated heterocycles. The topological polar surface area (TPSA) is 84.8 Å². The number of aliphatic imine (C=N–C) groups is 1. The van der Waals surface area contributed by atoms with Crippen LogP contribution >= 0.6 is 0 Å². The van der Waals surface area contributed by atoms with Gasteiger partial charge in [0.1, 0.15) is 11.9 Å². The molecular weight excluding hydrogens is 292 g/mol. The Balaban J connectivity index is 2.43. The molecule has 0 spiro atoms. The number of rotatable bonds is 4. The van der Waals surface area contributed by atoms with Gasteiger partial charge >= 0.3 is 5.97 Å². The maximum absolute atomic E-state index is 12.0. The molecule has 1 N–H and O–H groups in total. The van der Waals surface area contributed by atoms with Crippen LogP contribution in [0.3, 0.4) is 0 Å². The Labute approximate surface area is 124 Å². The summed E-state index contributed by atoms with van der Waals surface area (Å²) < 4.78 is 31.1. The summed E-state index contributed by atoms with van der Waals surface area (Å²) in [6.45, 7) is 3.92. The van der Waals surface area contributed by atoms with Crippen molar-refractivity contribution in [2.24, 2.45) is 10.9 Å². The smallest absolute Gasteiger partial charge is 0.330 e. The van der Waals surface area contributed by atoms with Crippen LogP contribution in [0.25, 0.3) is 0 Å². The van der Waals surface area contributed by atoms with Crippen LogP contribution in [0.4, 0.5) is 0 Å². The molecule has 6 nitrogen and oxygen atoms in total. The molecule has 1 heterocycles. The fourth-order valence-electron chi connectivity index (χ4n) is 2.17. The van der Waals surface area contributed by atoms with Crippen molar-refractivity contribution in [3.05, 3.63) is 29.8 Å². The van der Waals surface area contributed by atoms with Crippen LogP contribution in [0.2, 0.25) is 0 Å². The van der Waals surface area contributed by atoms with Gasteiger partial charge in [-0.25, -0.2) is 13.2 Å². The molecule has 1 aromatic rings. The molecule has 0 radical (unpaired) electrons. The van der Waals surface area contributed by atoms with Gasteiger partial charge in [0.05, 0.1) is 12.0 Å². The predicted octanol–water partition coefficient (Wildman–Crippen LogP) is 1.31. The number of hydrogen-bond donors (Lipinski definition) is 1. The van der Waals surface area contributed by atoms with Gasteiger partial charge in [-0.2, -0.15) is 0 Å². The Kier molecular flexibility index (Phi) is 4.32. The number of amidine groups is 1. The van der Waals surface area contributed by atoms with Crippen molar-refractivity contribution in [1.29, 1.82) is 0 Å². The first kappa shape index (κ1) is 15.5. The van der Waals surface area contributed by atoms with Crippen LogP contribution in [0, 0.1) is 5.92 Å². The molecule has 0 unspecified atom stereocenters. The van der Waals surface area contributed by atoms with Gasteiger partial charge in [-0.1, -0.05) is 26.0 Å². The van der Waals surface area contributed by atoms with Gasteiger partial charge in [0, 0.05) is 5.56 Å². The molecule has 0 aliphatic carbocycles. The number of esters is 1. The highest BCUT2D eigenvalue weighted by Crippen LogP contribution is 2.23. The molecule has 0 saturated carbocycles. The normalized spacial score (nSPS) is 19.1. The summed E-state index contributed by atoms with van der Waals surface area (Å²) in [5.41, 5.74) is 0.482. The maximum Gasteiger partial charge on any atom is 0.330 e. The monoisotopic (exact) mass is 310 g/mol. The highest BCUT2D eigenvalue weighted by atomic mass is 32.2. The Morgan fingerprint density at radius 2 is 2.00 bits per heavy atom. The SMILES string of the molecule is COC(=O)[C@H](CC(C)C)N=C1NS(=O)(=O)c2ccccc21. The van der Waals surface area contributed by atoms with Crippen LogP contribution < -0.4 is 4.72 Å². The molecule has 0 amide bonds. The van der Waals surface area contributed by atoms with E-state index >= 15 is 0 Å². The summed E-state index contributed by atoms with van der Waals surface area (Å²) >= 11 is 0. The third-order valence-corrected chi connectivity index (χ3v) is 4.51. The van der Waals surface area contributed by atoms with E-state index in [9.17, 15) is 13.2 Å². The first-order chi connectivity index (χ1) is 9.85. The van der Waals surface area contributed by atoms with Crippen molar-refractivity contribution in [1.82, 2.24) is 4.72 Å². The summed E-state index contributed by atoms with van der Waals surface area (Å²) in [6.07, 6.45) is 0.486. The van der Waals surface area contributed by atoms with E-state index in [1.54, 1.807) is 18.2 Å². The first-order valence-corrected chi connectivity index (χ1v) is 8.11. The van der Waals surface area contributed by atoms with Gasteiger partial charge < -0.3 is 4.74 Å². The number of sulfonamides is 1. The van der Waals surface area contributed by atoms with Crippen molar-refractivity contribution >= 4 is 21.8 Å². The highest BCUT2D eigenvalue weighted by molar-refractivity contribution is 7.90. The fourth-order valence-corrected chi connectivity index (χ4v) is 3.41. The molecule has 0 fully saturated rings. The minimum absolute atomic E-state index is 0.178. The molecule has 7 heteroatoms. The summed E-state index contributed by atoms with van der Waals surface area (Å²) in [5.74, 6) is -0.0480. The number of carbonyl (C=O) groups is 1. The average molecular weight is 310 g/mol. The van der Waals surface area contributed by atoms with Gasteiger partial charge in [0.25, 0.3) is 10.0 Å². The van der Waals surface area contributed by atoms with Crippen LogP contribution in [-0.2, 0) is 19.6 Å². The molecule has 1 aliphatic heterocycles. The van der Waals surface area contributed by atoms with Gasteiger partial charge in [0.2, 0.25) is 0 Å². The van der Waals surface area contributed by atoms with E-state index in [0.717, 1.165) is 0 Å². The molecule has 0 aromatic heterocycles. The van der Waals surface area contributed by atoms with E-state index in [1.807, 2.05) is 13.8 Å². The second-order valence-electron chi connectivity index (χ2n) is 5.25. The molecule has 2 rings (SSSR count). The average Bonchev–Trinajstić information content (AvgIpc) is 2.69. The van der Waals surface area contributed by atoms with E-state index in [0.29, 0.717) is 12.0 Å². The zero-order chi connectivity index (χ0) is 15.6. The van der Waals surface area contributed by atoms with Crippen LogP contribution in [0.15, 0.2) is 34.2 Å². The number of hydrogen-bond acceptors (Lipinski definition) is 5. The first-order valence-electron chi connectivity index (χ1n) is 6.63. The van der Waals surface area contributed by atoms with Crippen molar-refractivity contribution < 1.29 is 17.9 Å². The Morgan fingerprint density at radius 3 is 2.62 bits per heavy atom. The van der Waals surface area contributed by atoms with Gasteiger partial charge in [-0.05, 0) is 24.5 Å². The van der Waals surface area contributed by atoms with E-state index in [4.69, 9.17) is 4.74 Å². The number of benzene rings is 1. The highest BCUT2D eigenvalue weighted by Gasteiger charge is 2.32. The molecule has 0 bridgehead atoms. The van der Waals surface area contributed by atoms with E-state index in [2.05, 4.69) is 9.71 Å². The summed E-state index contributed by atoms with van der Waals surface area (Å²) in [5, 5.41) is 0. The second kappa shape index (κ2) is 5.85. The standard InChI is InChI=1S/C14H18N2O4S/c1-9(2)8-11(14(17)20-3)15-13-10-6-4-5-7-12(10)21(18,19)16-13/h4-7,9,11H,8H2,1-3H3,(H,15,16)/t11-/m0/s1. The molecule has 1 aromatic carbocycles. The Hall–Kier alpha value is -1.89. The van der Waals surface area contributed by atoms with Gasteiger partial charge in [0.15, 0.2) is 0 Å². The zero-order valence-corrected chi connectivity index (χ0v) is 13.0. The lowest BCUT2D eigenvalue weighted by atomic mass is 10.0. The number of nitrogens with one attached hydrogen (secondary N) is 1. The second-order valence-corrected chi connectivity index (χ2v) is 6.90. The number of methoxy groups -OCH3 is 1. The fraction of sp³-hybridized carbons (Fsp3) is 0.429. The molecular formula is C14H18N2O4S. The molecule has 1 aliphatic rings. The molecule has 114 valence electrons.